The number of benzene rings is 1. The average molecular weight is 308 g/mol. The molecule has 2 rings (SSSR count). The zero-order valence-electron chi connectivity index (χ0n) is 11.1. The van der Waals surface area contributed by atoms with Gasteiger partial charge in [0, 0.05) is 11.2 Å². The highest BCUT2D eigenvalue weighted by atomic mass is 35.5. The van der Waals surface area contributed by atoms with Crippen molar-refractivity contribution in [2.75, 3.05) is 6.61 Å². The van der Waals surface area contributed by atoms with Crippen molar-refractivity contribution < 1.29 is 14.3 Å². The Hall–Kier alpha value is -2.31. The lowest BCUT2D eigenvalue weighted by molar-refractivity contribution is -0.126. The van der Waals surface area contributed by atoms with Crippen LogP contribution in [0.25, 0.3) is 0 Å². The van der Waals surface area contributed by atoms with Crippen LogP contribution in [0.1, 0.15) is 16.1 Å². The first-order valence-electron chi connectivity index (χ1n) is 6.20. The van der Waals surface area contributed by atoms with E-state index < -0.39 is 11.8 Å². The molecule has 7 heteroatoms. The number of carbonyl (C=O) groups excluding carboxylic acids is 2. The number of carbonyl (C=O) groups is 2. The molecule has 2 aromatic rings. The van der Waals surface area contributed by atoms with Gasteiger partial charge in [0.05, 0.1) is 6.61 Å². The van der Waals surface area contributed by atoms with Gasteiger partial charge < -0.3 is 9.72 Å². The maximum absolute atomic E-state index is 11.5. The summed E-state index contributed by atoms with van der Waals surface area (Å²) in [6, 6.07) is 10.5. The minimum Gasteiger partial charge on any atom is -0.367 e. The number of ether oxygens (including phenoxy) is 1. The van der Waals surface area contributed by atoms with Crippen LogP contribution in [0.15, 0.2) is 42.6 Å². The first kappa shape index (κ1) is 15.1. The highest BCUT2D eigenvalue weighted by Gasteiger charge is 2.08. The molecule has 0 bridgehead atoms. The van der Waals surface area contributed by atoms with Gasteiger partial charge in [-0.1, -0.05) is 29.8 Å². The maximum Gasteiger partial charge on any atom is 0.286 e. The Morgan fingerprint density at radius 2 is 1.95 bits per heavy atom. The van der Waals surface area contributed by atoms with E-state index in [1.807, 2.05) is 18.2 Å². The Morgan fingerprint density at radius 3 is 2.67 bits per heavy atom. The van der Waals surface area contributed by atoms with Gasteiger partial charge in [-0.2, -0.15) is 0 Å². The number of aromatic nitrogens is 1. The van der Waals surface area contributed by atoms with Crippen molar-refractivity contribution in [1.82, 2.24) is 15.8 Å². The van der Waals surface area contributed by atoms with Crippen LogP contribution in [-0.4, -0.2) is 23.4 Å². The summed E-state index contributed by atoms with van der Waals surface area (Å²) in [6.45, 7) is 0.0356. The third-order valence-corrected chi connectivity index (χ3v) is 2.98. The van der Waals surface area contributed by atoms with Crippen LogP contribution in [-0.2, 0) is 16.1 Å². The van der Waals surface area contributed by atoms with Crippen LogP contribution < -0.4 is 10.9 Å². The minimum absolute atomic E-state index is 0.184. The van der Waals surface area contributed by atoms with E-state index in [-0.39, 0.29) is 13.2 Å². The molecule has 0 saturated carbocycles. The summed E-state index contributed by atoms with van der Waals surface area (Å²) in [5.41, 5.74) is 5.67. The number of aromatic amines is 1. The molecule has 2 amide bonds. The standard InChI is InChI=1S/C14H14ClN3O3/c15-11-5-2-1-4-10(11)8-21-9-13(19)17-18-14(20)12-6-3-7-16-12/h1-7,16H,8-9H2,(H,17,19)(H,18,20). The van der Waals surface area contributed by atoms with Gasteiger partial charge >= 0.3 is 0 Å². The third-order valence-electron chi connectivity index (χ3n) is 2.61. The van der Waals surface area contributed by atoms with Crippen LogP contribution in [0.3, 0.4) is 0 Å². The molecule has 0 saturated heterocycles. The molecule has 0 aliphatic rings. The summed E-state index contributed by atoms with van der Waals surface area (Å²) in [6.07, 6.45) is 1.61. The second kappa shape index (κ2) is 7.47. The van der Waals surface area contributed by atoms with Crippen molar-refractivity contribution in [3.05, 3.63) is 58.9 Å². The van der Waals surface area contributed by atoms with Crippen LogP contribution in [0.5, 0.6) is 0 Å². The minimum atomic E-state index is -0.457. The zero-order valence-corrected chi connectivity index (χ0v) is 11.8. The largest absolute Gasteiger partial charge is 0.367 e. The predicted octanol–water partition coefficient (Wildman–Crippen LogP) is 1.65. The molecule has 0 radical (unpaired) electrons. The number of hydrogen-bond acceptors (Lipinski definition) is 3. The van der Waals surface area contributed by atoms with Gasteiger partial charge in [0.25, 0.3) is 11.8 Å². The highest BCUT2D eigenvalue weighted by molar-refractivity contribution is 6.31. The Morgan fingerprint density at radius 1 is 1.14 bits per heavy atom. The maximum atomic E-state index is 11.5. The fraction of sp³-hybridized carbons (Fsp3) is 0.143. The summed E-state index contributed by atoms with van der Waals surface area (Å²) in [5, 5.41) is 0.581. The molecule has 0 fully saturated rings. The fourth-order valence-electron chi connectivity index (χ4n) is 1.57. The molecule has 0 spiro atoms. The summed E-state index contributed by atoms with van der Waals surface area (Å²) in [5.74, 6) is -0.888. The number of amides is 2. The summed E-state index contributed by atoms with van der Waals surface area (Å²) in [4.78, 5) is 25.8. The lowest BCUT2D eigenvalue weighted by Gasteiger charge is -2.08. The molecule has 1 aromatic carbocycles. The van der Waals surface area contributed by atoms with E-state index in [4.69, 9.17) is 16.3 Å². The number of rotatable bonds is 5. The van der Waals surface area contributed by atoms with Crippen molar-refractivity contribution >= 4 is 23.4 Å². The lowest BCUT2D eigenvalue weighted by atomic mass is 10.2. The van der Waals surface area contributed by atoms with E-state index in [0.29, 0.717) is 10.7 Å². The van der Waals surface area contributed by atoms with Crippen LogP contribution in [0, 0.1) is 0 Å². The van der Waals surface area contributed by atoms with E-state index in [1.165, 1.54) is 0 Å². The van der Waals surface area contributed by atoms with Gasteiger partial charge in [0.15, 0.2) is 0 Å². The molecule has 110 valence electrons. The molecular formula is C14H14ClN3O3. The van der Waals surface area contributed by atoms with Crippen molar-refractivity contribution in [2.45, 2.75) is 6.61 Å². The van der Waals surface area contributed by atoms with E-state index in [9.17, 15) is 9.59 Å². The van der Waals surface area contributed by atoms with Crippen molar-refractivity contribution in [2.24, 2.45) is 0 Å². The predicted molar refractivity (Wildman–Crippen MR) is 77.5 cm³/mol. The average Bonchev–Trinajstić information content (AvgIpc) is 3.01. The van der Waals surface area contributed by atoms with Gasteiger partial charge in [-0.05, 0) is 23.8 Å². The van der Waals surface area contributed by atoms with Gasteiger partial charge in [-0.15, -0.1) is 0 Å². The van der Waals surface area contributed by atoms with Crippen LogP contribution >= 0.6 is 11.6 Å². The number of hydrogen-bond donors (Lipinski definition) is 3. The Bertz CT molecular complexity index is 614. The van der Waals surface area contributed by atoms with Gasteiger partial charge in [0.1, 0.15) is 12.3 Å². The summed E-state index contributed by atoms with van der Waals surface area (Å²) in [7, 11) is 0. The molecule has 3 N–H and O–H groups in total. The van der Waals surface area contributed by atoms with Gasteiger partial charge in [-0.25, -0.2) is 0 Å². The smallest absolute Gasteiger partial charge is 0.286 e. The molecule has 1 aromatic heterocycles. The van der Waals surface area contributed by atoms with E-state index in [2.05, 4.69) is 15.8 Å². The fourth-order valence-corrected chi connectivity index (χ4v) is 1.76. The summed E-state index contributed by atoms with van der Waals surface area (Å²) < 4.78 is 5.23. The topological polar surface area (TPSA) is 83.2 Å². The van der Waals surface area contributed by atoms with E-state index >= 15 is 0 Å². The molecule has 6 nitrogen and oxygen atoms in total. The van der Waals surface area contributed by atoms with Crippen molar-refractivity contribution in [3.63, 3.8) is 0 Å². The number of hydrazine groups is 1. The molecular weight excluding hydrogens is 294 g/mol. The highest BCUT2D eigenvalue weighted by Crippen LogP contribution is 2.15. The Balaban J connectivity index is 1.68. The first-order valence-corrected chi connectivity index (χ1v) is 6.58. The number of halogens is 1. The van der Waals surface area contributed by atoms with E-state index in [1.54, 1.807) is 24.4 Å². The van der Waals surface area contributed by atoms with Gasteiger partial charge in [-0.3, -0.25) is 20.4 Å². The zero-order chi connectivity index (χ0) is 15.1. The van der Waals surface area contributed by atoms with Gasteiger partial charge in [0.2, 0.25) is 0 Å². The Labute approximate surface area is 126 Å². The molecule has 0 aliphatic carbocycles. The van der Waals surface area contributed by atoms with E-state index in [0.717, 1.165) is 5.56 Å². The lowest BCUT2D eigenvalue weighted by Crippen LogP contribution is -2.43. The second-order valence-electron chi connectivity index (χ2n) is 4.17. The van der Waals surface area contributed by atoms with Crippen LogP contribution in [0.4, 0.5) is 0 Å². The number of nitrogens with one attached hydrogen (secondary N) is 3. The monoisotopic (exact) mass is 307 g/mol. The normalized spacial score (nSPS) is 10.1. The first-order chi connectivity index (χ1) is 10.2. The molecule has 0 atom stereocenters. The third kappa shape index (κ3) is 4.62. The van der Waals surface area contributed by atoms with Crippen LogP contribution in [0.2, 0.25) is 5.02 Å². The molecule has 1 heterocycles. The quantitative estimate of drug-likeness (QED) is 0.734. The second-order valence-corrected chi connectivity index (χ2v) is 4.58. The van der Waals surface area contributed by atoms with Crippen molar-refractivity contribution in [3.8, 4) is 0 Å². The number of H-pyrrole nitrogens is 1. The Kier molecular flexibility index (Phi) is 5.36. The SMILES string of the molecule is O=C(COCc1ccccc1Cl)NNC(=O)c1ccc[nH]1. The van der Waals surface area contributed by atoms with Crippen molar-refractivity contribution in [1.29, 1.82) is 0 Å². The molecule has 0 unspecified atom stereocenters. The molecule has 21 heavy (non-hydrogen) atoms. The molecule has 0 aliphatic heterocycles. The summed E-state index contributed by atoms with van der Waals surface area (Å²) >= 11 is 5.96.